The Hall–Kier alpha value is -1.42. The standard InChI is InChI=1S/C14H19N3S/c1-10(2)9-17-13(15-16-14(17)18)8-12-7-5-4-6-11(12)3/h4-7,10H,8-9H2,1-3H3,(H,16,18). The topological polar surface area (TPSA) is 33.6 Å². The number of aromatic amines is 1. The zero-order valence-corrected chi connectivity index (χ0v) is 11.9. The minimum absolute atomic E-state index is 0.560. The van der Waals surface area contributed by atoms with E-state index in [1.165, 1.54) is 11.1 Å². The van der Waals surface area contributed by atoms with Crippen molar-refractivity contribution >= 4 is 12.2 Å². The molecule has 0 aliphatic carbocycles. The molecule has 0 aliphatic rings. The first-order chi connectivity index (χ1) is 8.58. The van der Waals surface area contributed by atoms with Gasteiger partial charge in [0.05, 0.1) is 0 Å². The first-order valence-corrected chi connectivity index (χ1v) is 6.67. The quantitative estimate of drug-likeness (QED) is 0.855. The van der Waals surface area contributed by atoms with E-state index < -0.39 is 0 Å². The van der Waals surface area contributed by atoms with E-state index in [2.05, 4.69) is 59.8 Å². The van der Waals surface area contributed by atoms with Gasteiger partial charge < -0.3 is 4.57 Å². The van der Waals surface area contributed by atoms with Gasteiger partial charge in [-0.2, -0.15) is 5.10 Å². The van der Waals surface area contributed by atoms with Crippen molar-refractivity contribution in [2.75, 3.05) is 0 Å². The highest BCUT2D eigenvalue weighted by Crippen LogP contribution is 2.13. The molecule has 0 bridgehead atoms. The van der Waals surface area contributed by atoms with E-state index in [4.69, 9.17) is 12.2 Å². The van der Waals surface area contributed by atoms with Gasteiger partial charge in [-0.15, -0.1) is 0 Å². The average Bonchev–Trinajstić information content (AvgIpc) is 2.64. The molecule has 18 heavy (non-hydrogen) atoms. The van der Waals surface area contributed by atoms with Gasteiger partial charge in [-0.25, -0.2) is 0 Å². The van der Waals surface area contributed by atoms with E-state index in [1.807, 2.05) is 0 Å². The molecule has 0 spiro atoms. The molecule has 0 amide bonds. The number of aromatic nitrogens is 3. The summed E-state index contributed by atoms with van der Waals surface area (Å²) in [4.78, 5) is 0. The van der Waals surface area contributed by atoms with Crippen molar-refractivity contribution in [1.82, 2.24) is 14.8 Å². The molecule has 2 rings (SSSR count). The van der Waals surface area contributed by atoms with Crippen molar-refractivity contribution in [3.63, 3.8) is 0 Å². The summed E-state index contributed by atoms with van der Waals surface area (Å²) in [6.45, 7) is 7.42. The summed E-state index contributed by atoms with van der Waals surface area (Å²) in [5.41, 5.74) is 2.60. The van der Waals surface area contributed by atoms with Gasteiger partial charge in [0, 0.05) is 13.0 Å². The third-order valence-electron chi connectivity index (χ3n) is 2.99. The molecule has 0 fully saturated rings. The first-order valence-electron chi connectivity index (χ1n) is 6.26. The van der Waals surface area contributed by atoms with E-state index in [1.54, 1.807) is 0 Å². The van der Waals surface area contributed by atoms with Crippen LogP contribution in [-0.4, -0.2) is 14.8 Å². The maximum atomic E-state index is 5.29. The molecule has 0 saturated carbocycles. The van der Waals surface area contributed by atoms with E-state index in [9.17, 15) is 0 Å². The normalized spacial score (nSPS) is 11.1. The fraction of sp³-hybridized carbons (Fsp3) is 0.429. The van der Waals surface area contributed by atoms with Gasteiger partial charge in [0.1, 0.15) is 5.82 Å². The van der Waals surface area contributed by atoms with Crippen molar-refractivity contribution in [2.24, 2.45) is 5.92 Å². The molecule has 3 nitrogen and oxygen atoms in total. The maximum absolute atomic E-state index is 5.29. The number of nitrogens with one attached hydrogen (secondary N) is 1. The number of nitrogens with zero attached hydrogens (tertiary/aromatic N) is 2. The second-order valence-corrected chi connectivity index (χ2v) is 5.44. The summed E-state index contributed by atoms with van der Waals surface area (Å²) in [6.07, 6.45) is 0.826. The summed E-state index contributed by atoms with van der Waals surface area (Å²) in [7, 11) is 0. The monoisotopic (exact) mass is 261 g/mol. The molecule has 0 saturated heterocycles. The van der Waals surface area contributed by atoms with Gasteiger partial charge in [-0.1, -0.05) is 38.1 Å². The Balaban J connectivity index is 2.30. The number of hydrogen-bond acceptors (Lipinski definition) is 2. The number of rotatable bonds is 4. The molecule has 2 aromatic rings. The number of hydrogen-bond donors (Lipinski definition) is 1. The van der Waals surface area contributed by atoms with Gasteiger partial charge in [-0.05, 0) is 36.2 Å². The Morgan fingerprint density at radius 2 is 2.06 bits per heavy atom. The number of aryl methyl sites for hydroxylation is 1. The van der Waals surface area contributed by atoms with E-state index in [0.717, 1.165) is 18.8 Å². The molecule has 1 N–H and O–H groups in total. The van der Waals surface area contributed by atoms with Gasteiger partial charge >= 0.3 is 0 Å². The zero-order chi connectivity index (χ0) is 13.1. The van der Waals surface area contributed by atoms with E-state index in [-0.39, 0.29) is 0 Å². The van der Waals surface area contributed by atoms with Crippen molar-refractivity contribution in [2.45, 2.75) is 33.7 Å². The Morgan fingerprint density at radius 1 is 1.33 bits per heavy atom. The first kappa shape index (κ1) is 13.0. The van der Waals surface area contributed by atoms with Crippen LogP contribution in [0, 0.1) is 17.6 Å². The van der Waals surface area contributed by atoms with Crippen LogP contribution in [0.1, 0.15) is 30.8 Å². The van der Waals surface area contributed by atoms with Gasteiger partial charge in [0.25, 0.3) is 0 Å². The molecule has 0 aliphatic heterocycles. The number of H-pyrrole nitrogens is 1. The average molecular weight is 261 g/mol. The van der Waals surface area contributed by atoms with Crippen LogP contribution in [-0.2, 0) is 13.0 Å². The molecule has 1 aromatic carbocycles. The molecule has 96 valence electrons. The summed E-state index contributed by atoms with van der Waals surface area (Å²) in [6, 6.07) is 8.40. The highest BCUT2D eigenvalue weighted by molar-refractivity contribution is 7.71. The second kappa shape index (κ2) is 5.48. The maximum Gasteiger partial charge on any atom is 0.195 e. The van der Waals surface area contributed by atoms with Crippen molar-refractivity contribution in [1.29, 1.82) is 0 Å². The molecule has 1 heterocycles. The third kappa shape index (κ3) is 2.88. The summed E-state index contributed by atoms with van der Waals surface area (Å²) < 4.78 is 2.82. The molecule has 4 heteroatoms. The molecule has 0 unspecified atom stereocenters. The van der Waals surface area contributed by atoms with Crippen LogP contribution in [0.25, 0.3) is 0 Å². The SMILES string of the molecule is Cc1ccccc1Cc1n[nH]c(=S)n1CC(C)C. The predicted octanol–water partition coefficient (Wildman–Crippen LogP) is 3.50. The Bertz CT molecular complexity index is 581. The van der Waals surface area contributed by atoms with Crippen LogP contribution in [0.4, 0.5) is 0 Å². The van der Waals surface area contributed by atoms with E-state index >= 15 is 0 Å². The minimum Gasteiger partial charge on any atom is -0.304 e. The van der Waals surface area contributed by atoms with Crippen LogP contribution in [0.2, 0.25) is 0 Å². The Labute approximate surface area is 113 Å². The van der Waals surface area contributed by atoms with Crippen LogP contribution in [0.15, 0.2) is 24.3 Å². The summed E-state index contributed by atoms with van der Waals surface area (Å²) in [5.74, 6) is 1.58. The number of benzene rings is 1. The third-order valence-corrected chi connectivity index (χ3v) is 3.31. The molecule has 1 aromatic heterocycles. The lowest BCUT2D eigenvalue weighted by molar-refractivity contribution is 0.505. The largest absolute Gasteiger partial charge is 0.304 e. The lowest BCUT2D eigenvalue weighted by Crippen LogP contribution is -2.09. The van der Waals surface area contributed by atoms with Crippen LogP contribution in [0.3, 0.4) is 0 Å². The van der Waals surface area contributed by atoms with Crippen molar-refractivity contribution < 1.29 is 0 Å². The smallest absolute Gasteiger partial charge is 0.195 e. The molecule has 0 atom stereocenters. The van der Waals surface area contributed by atoms with Crippen LogP contribution >= 0.6 is 12.2 Å². The minimum atomic E-state index is 0.560. The van der Waals surface area contributed by atoms with Gasteiger partial charge in [0.2, 0.25) is 0 Å². The molecular weight excluding hydrogens is 242 g/mol. The van der Waals surface area contributed by atoms with Gasteiger partial charge in [0.15, 0.2) is 4.77 Å². The molecular formula is C14H19N3S. The van der Waals surface area contributed by atoms with E-state index in [0.29, 0.717) is 10.7 Å². The highest BCUT2D eigenvalue weighted by Gasteiger charge is 2.09. The Kier molecular flexibility index (Phi) is 3.97. The summed E-state index contributed by atoms with van der Waals surface area (Å²) >= 11 is 5.29. The van der Waals surface area contributed by atoms with Crippen LogP contribution in [0.5, 0.6) is 0 Å². The molecule has 0 radical (unpaired) electrons. The Morgan fingerprint density at radius 3 is 2.72 bits per heavy atom. The predicted molar refractivity (Wildman–Crippen MR) is 76.2 cm³/mol. The second-order valence-electron chi connectivity index (χ2n) is 5.05. The van der Waals surface area contributed by atoms with Crippen LogP contribution < -0.4 is 0 Å². The zero-order valence-electron chi connectivity index (χ0n) is 11.1. The summed E-state index contributed by atoms with van der Waals surface area (Å²) in [5, 5.41) is 7.25. The van der Waals surface area contributed by atoms with Crippen molar-refractivity contribution in [3.05, 3.63) is 46.0 Å². The lowest BCUT2D eigenvalue weighted by atomic mass is 10.1. The fourth-order valence-electron chi connectivity index (χ4n) is 2.02. The highest BCUT2D eigenvalue weighted by atomic mass is 32.1. The fourth-order valence-corrected chi connectivity index (χ4v) is 2.24. The van der Waals surface area contributed by atoms with Crippen molar-refractivity contribution in [3.8, 4) is 0 Å². The van der Waals surface area contributed by atoms with Gasteiger partial charge in [-0.3, -0.25) is 5.10 Å². The lowest BCUT2D eigenvalue weighted by Gasteiger charge is -2.10.